The van der Waals surface area contributed by atoms with Crippen LogP contribution in [-0.2, 0) is 17.8 Å². The molecule has 0 amide bonds. The van der Waals surface area contributed by atoms with Crippen molar-refractivity contribution in [3.8, 4) is 11.5 Å². The maximum Gasteiger partial charge on any atom is 0.312 e. The number of ether oxygens (including phenoxy) is 2. The van der Waals surface area contributed by atoms with Gasteiger partial charge >= 0.3 is 5.69 Å². The highest BCUT2D eigenvalue weighted by Gasteiger charge is 2.27. The van der Waals surface area contributed by atoms with Crippen LogP contribution in [0.5, 0.6) is 11.5 Å². The molecular weight excluding hydrogens is 490 g/mol. The van der Waals surface area contributed by atoms with Crippen molar-refractivity contribution in [2.75, 3.05) is 20.8 Å². The number of carbonyl (C=O) groups is 1. The van der Waals surface area contributed by atoms with Gasteiger partial charge in [-0.3, -0.25) is 19.6 Å². The molecule has 38 heavy (non-hydrogen) atoms. The van der Waals surface area contributed by atoms with Crippen LogP contribution < -0.4 is 14.8 Å². The Kier molecular flexibility index (Phi) is 7.67. The number of nitrogens with one attached hydrogen (secondary N) is 2. The molecule has 200 valence electrons. The number of aryl methyl sites for hydroxylation is 1. The first-order valence-corrected chi connectivity index (χ1v) is 12.1. The minimum Gasteiger partial charge on any atom is -0.497 e. The summed E-state index contributed by atoms with van der Waals surface area (Å²) in [6, 6.07) is 12.2. The van der Waals surface area contributed by atoms with Gasteiger partial charge in [-0.2, -0.15) is 5.10 Å². The molecule has 0 saturated carbocycles. The molecule has 1 aliphatic rings. The third kappa shape index (κ3) is 5.18. The summed E-state index contributed by atoms with van der Waals surface area (Å²) < 4.78 is 12.7. The average molecular weight is 522 g/mol. The number of aromatic nitrogens is 3. The van der Waals surface area contributed by atoms with Gasteiger partial charge in [0.25, 0.3) is 5.97 Å². The standard InChI is InChI=1S/C25H27N5O4.C2H4O2/c1-14-25(30(31)32)15(2)29(28-14)13-17-11-16(5-8-22(17)34-4)23-24-19(9-10-26-23)20-12-18(33-3)6-7-21(20)27-24;1-2(3)4/h5-8,11-12,23,26-27H,9-10,13H2,1-4H3;1H3,(H,3,4). The van der Waals surface area contributed by atoms with Crippen molar-refractivity contribution in [2.45, 2.75) is 39.8 Å². The van der Waals surface area contributed by atoms with Crippen molar-refractivity contribution in [2.24, 2.45) is 0 Å². The van der Waals surface area contributed by atoms with Crippen molar-refractivity contribution < 1.29 is 24.3 Å². The number of nitrogens with zero attached hydrogens (tertiary/aromatic N) is 3. The maximum absolute atomic E-state index is 11.4. The third-order valence-corrected chi connectivity index (χ3v) is 6.64. The molecule has 3 N–H and O–H groups in total. The summed E-state index contributed by atoms with van der Waals surface area (Å²) in [5, 5.41) is 28.1. The Bertz CT molecular complexity index is 1500. The lowest BCUT2D eigenvalue weighted by Gasteiger charge is -2.25. The quantitative estimate of drug-likeness (QED) is 0.252. The zero-order valence-electron chi connectivity index (χ0n) is 22.0. The molecule has 0 aliphatic carbocycles. The predicted octanol–water partition coefficient (Wildman–Crippen LogP) is 4.28. The second-order valence-electron chi connectivity index (χ2n) is 9.09. The van der Waals surface area contributed by atoms with E-state index in [1.165, 1.54) is 10.9 Å². The summed E-state index contributed by atoms with van der Waals surface area (Å²) >= 11 is 0. The van der Waals surface area contributed by atoms with Crippen LogP contribution in [0, 0.1) is 24.0 Å². The normalized spacial score (nSPS) is 14.4. The van der Waals surface area contributed by atoms with Crippen LogP contribution in [0.2, 0.25) is 0 Å². The SMILES string of the molecule is CC(=O)O.COc1ccc2[nH]c3c(c2c1)CCNC3c1ccc(OC)c(Cn2nc(C)c([N+](=O)[O-])c2C)c1. The molecule has 11 heteroatoms. The lowest BCUT2D eigenvalue weighted by atomic mass is 9.93. The number of fused-ring (bicyclic) bond motifs is 3. The summed E-state index contributed by atoms with van der Waals surface area (Å²) in [7, 11) is 3.31. The molecule has 1 aliphatic heterocycles. The molecule has 3 heterocycles. The van der Waals surface area contributed by atoms with Gasteiger partial charge in [0.2, 0.25) is 0 Å². The van der Waals surface area contributed by atoms with E-state index in [4.69, 9.17) is 19.4 Å². The molecule has 1 atom stereocenters. The summed E-state index contributed by atoms with van der Waals surface area (Å²) in [5.41, 5.74) is 6.52. The number of aliphatic carboxylic acids is 1. The van der Waals surface area contributed by atoms with E-state index < -0.39 is 5.97 Å². The zero-order chi connectivity index (χ0) is 27.6. The summed E-state index contributed by atoms with van der Waals surface area (Å²) in [6.45, 7) is 5.70. The number of hydrogen-bond donors (Lipinski definition) is 3. The molecule has 4 aromatic rings. The van der Waals surface area contributed by atoms with E-state index in [1.807, 2.05) is 12.1 Å². The van der Waals surface area contributed by atoms with E-state index in [9.17, 15) is 10.1 Å². The molecule has 11 nitrogen and oxygen atoms in total. The van der Waals surface area contributed by atoms with Gasteiger partial charge in [-0.25, -0.2) is 0 Å². The van der Waals surface area contributed by atoms with Crippen LogP contribution in [-0.4, -0.2) is 51.5 Å². The number of rotatable bonds is 6. The Morgan fingerprint density at radius 2 is 1.95 bits per heavy atom. The van der Waals surface area contributed by atoms with Gasteiger partial charge in [0, 0.05) is 35.6 Å². The molecule has 0 saturated heterocycles. The van der Waals surface area contributed by atoms with E-state index in [-0.39, 0.29) is 16.7 Å². The van der Waals surface area contributed by atoms with E-state index in [0.717, 1.165) is 53.7 Å². The summed E-state index contributed by atoms with van der Waals surface area (Å²) in [4.78, 5) is 23.7. The van der Waals surface area contributed by atoms with Gasteiger partial charge in [0.15, 0.2) is 0 Å². The first kappa shape index (κ1) is 26.7. The van der Waals surface area contributed by atoms with Gasteiger partial charge < -0.3 is 24.9 Å². The highest BCUT2D eigenvalue weighted by atomic mass is 16.6. The summed E-state index contributed by atoms with van der Waals surface area (Å²) in [6.07, 6.45) is 0.928. The zero-order valence-corrected chi connectivity index (χ0v) is 22.0. The fraction of sp³-hybridized carbons (Fsp3) is 0.333. The minimum atomic E-state index is -0.833. The Morgan fingerprint density at radius 3 is 2.58 bits per heavy atom. The number of benzene rings is 2. The smallest absolute Gasteiger partial charge is 0.312 e. The van der Waals surface area contributed by atoms with E-state index in [1.54, 1.807) is 32.7 Å². The van der Waals surface area contributed by atoms with Gasteiger partial charge in [0.05, 0.1) is 31.7 Å². The highest BCUT2D eigenvalue weighted by Crippen LogP contribution is 2.36. The molecule has 5 rings (SSSR count). The fourth-order valence-electron chi connectivity index (χ4n) is 4.99. The maximum atomic E-state index is 11.4. The second-order valence-corrected chi connectivity index (χ2v) is 9.09. The van der Waals surface area contributed by atoms with Crippen LogP contribution in [0.1, 0.15) is 46.7 Å². The number of H-pyrrole nitrogens is 1. The molecule has 0 spiro atoms. The number of methoxy groups -OCH3 is 2. The van der Waals surface area contributed by atoms with Crippen LogP contribution >= 0.6 is 0 Å². The summed E-state index contributed by atoms with van der Waals surface area (Å²) in [5.74, 6) is 0.728. The van der Waals surface area contributed by atoms with Crippen molar-refractivity contribution in [1.82, 2.24) is 20.1 Å². The molecule has 2 aromatic carbocycles. The topological polar surface area (TPSA) is 145 Å². The number of carboxylic acid groups (broad SMARTS) is 1. The fourth-order valence-corrected chi connectivity index (χ4v) is 4.99. The largest absolute Gasteiger partial charge is 0.497 e. The third-order valence-electron chi connectivity index (χ3n) is 6.64. The predicted molar refractivity (Wildman–Crippen MR) is 142 cm³/mol. The highest BCUT2D eigenvalue weighted by molar-refractivity contribution is 5.86. The first-order valence-electron chi connectivity index (χ1n) is 12.1. The lowest BCUT2D eigenvalue weighted by molar-refractivity contribution is -0.386. The second kappa shape index (κ2) is 10.9. The monoisotopic (exact) mass is 521 g/mol. The molecule has 1 unspecified atom stereocenters. The molecular formula is C27H31N5O6. The van der Waals surface area contributed by atoms with Gasteiger partial charge in [0.1, 0.15) is 22.9 Å². The van der Waals surface area contributed by atoms with Crippen molar-refractivity contribution >= 4 is 22.6 Å². The van der Waals surface area contributed by atoms with Gasteiger partial charge in [-0.15, -0.1) is 0 Å². The Hall–Kier alpha value is -4.38. The minimum absolute atomic E-state index is 0.0124. The lowest BCUT2D eigenvalue weighted by Crippen LogP contribution is -2.30. The molecule has 0 radical (unpaired) electrons. The molecule has 2 aromatic heterocycles. The van der Waals surface area contributed by atoms with E-state index in [0.29, 0.717) is 17.9 Å². The van der Waals surface area contributed by atoms with E-state index in [2.05, 4.69) is 39.7 Å². The Morgan fingerprint density at radius 1 is 1.21 bits per heavy atom. The van der Waals surface area contributed by atoms with Crippen LogP contribution in [0.25, 0.3) is 10.9 Å². The van der Waals surface area contributed by atoms with Crippen molar-refractivity contribution in [3.63, 3.8) is 0 Å². The van der Waals surface area contributed by atoms with Crippen LogP contribution in [0.15, 0.2) is 36.4 Å². The number of carboxylic acids is 1. The average Bonchev–Trinajstić information content (AvgIpc) is 3.39. The van der Waals surface area contributed by atoms with Gasteiger partial charge in [-0.05, 0) is 61.7 Å². The van der Waals surface area contributed by atoms with Crippen LogP contribution in [0.3, 0.4) is 0 Å². The molecule has 0 fully saturated rings. The Balaban J connectivity index is 0.000000786. The first-order chi connectivity index (χ1) is 18.1. The number of hydrogen-bond acceptors (Lipinski definition) is 7. The molecule has 0 bridgehead atoms. The van der Waals surface area contributed by atoms with Crippen molar-refractivity contribution in [1.29, 1.82) is 0 Å². The van der Waals surface area contributed by atoms with Crippen LogP contribution in [0.4, 0.5) is 5.69 Å². The van der Waals surface area contributed by atoms with Crippen molar-refractivity contribution in [3.05, 3.63) is 80.3 Å². The number of aromatic amines is 1. The number of nitro groups is 1. The Labute approximate surface area is 219 Å². The van der Waals surface area contributed by atoms with Gasteiger partial charge in [-0.1, -0.05) is 6.07 Å². The van der Waals surface area contributed by atoms with E-state index >= 15 is 0 Å².